The van der Waals surface area contributed by atoms with Crippen molar-refractivity contribution >= 4 is 52.3 Å². The Morgan fingerprint density at radius 1 is 1.11 bits per heavy atom. The first-order valence-corrected chi connectivity index (χ1v) is 9.06. The van der Waals surface area contributed by atoms with Gasteiger partial charge in [0.1, 0.15) is 5.69 Å². The molecule has 28 heavy (non-hydrogen) atoms. The Kier molecular flexibility index (Phi) is 5.90. The lowest BCUT2D eigenvalue weighted by Crippen LogP contribution is -2.31. The average molecular weight is 439 g/mol. The highest BCUT2D eigenvalue weighted by Crippen LogP contribution is 2.28. The molecule has 0 bridgehead atoms. The molecule has 0 radical (unpaired) electrons. The van der Waals surface area contributed by atoms with E-state index in [1.54, 1.807) is 31.3 Å². The molecule has 0 aliphatic carbocycles. The number of amides is 2. The van der Waals surface area contributed by atoms with Crippen molar-refractivity contribution in [1.82, 2.24) is 15.0 Å². The van der Waals surface area contributed by atoms with Gasteiger partial charge in [-0.1, -0.05) is 34.8 Å². The van der Waals surface area contributed by atoms with Crippen molar-refractivity contribution in [2.24, 2.45) is 5.84 Å². The zero-order chi connectivity index (χ0) is 20.4. The SMILES string of the molecule is Cc1cc(Cl)cc(C(=O)NN)c1NC(=O)c1cc(Cl)cn1-c1ncccc1Cl. The minimum absolute atomic E-state index is 0.126. The number of benzene rings is 1. The van der Waals surface area contributed by atoms with Crippen molar-refractivity contribution in [3.05, 3.63) is 74.6 Å². The Balaban J connectivity index is 2.05. The summed E-state index contributed by atoms with van der Waals surface area (Å²) in [6, 6.07) is 7.81. The van der Waals surface area contributed by atoms with Gasteiger partial charge < -0.3 is 5.32 Å². The van der Waals surface area contributed by atoms with Crippen LogP contribution in [0.25, 0.3) is 5.82 Å². The number of nitrogens with two attached hydrogens (primary N) is 1. The maximum Gasteiger partial charge on any atom is 0.272 e. The molecule has 7 nitrogen and oxygen atoms in total. The zero-order valence-electron chi connectivity index (χ0n) is 14.5. The maximum atomic E-state index is 13.0. The van der Waals surface area contributed by atoms with Gasteiger partial charge in [0.2, 0.25) is 0 Å². The molecule has 2 aromatic heterocycles. The lowest BCUT2D eigenvalue weighted by atomic mass is 10.1. The first kappa shape index (κ1) is 20.2. The van der Waals surface area contributed by atoms with Crippen LogP contribution < -0.4 is 16.6 Å². The molecule has 1 aromatic carbocycles. The fourth-order valence-electron chi connectivity index (χ4n) is 2.68. The molecule has 3 aromatic rings. The Labute approximate surface area is 175 Å². The molecule has 2 heterocycles. The number of carbonyl (C=O) groups excluding carboxylic acids is 2. The molecule has 0 atom stereocenters. The molecule has 0 saturated heterocycles. The second-order valence-corrected chi connectivity index (χ2v) is 7.08. The van der Waals surface area contributed by atoms with Gasteiger partial charge in [-0.3, -0.25) is 19.6 Å². The lowest BCUT2D eigenvalue weighted by molar-refractivity contribution is 0.0954. The smallest absolute Gasteiger partial charge is 0.272 e. The van der Waals surface area contributed by atoms with E-state index in [1.807, 2.05) is 5.43 Å². The van der Waals surface area contributed by atoms with Gasteiger partial charge in [0.15, 0.2) is 5.82 Å². The molecule has 0 aliphatic heterocycles. The van der Waals surface area contributed by atoms with E-state index < -0.39 is 11.8 Å². The van der Waals surface area contributed by atoms with Crippen molar-refractivity contribution in [3.63, 3.8) is 0 Å². The van der Waals surface area contributed by atoms with E-state index in [0.29, 0.717) is 26.4 Å². The fourth-order valence-corrected chi connectivity index (χ4v) is 3.36. The number of halogens is 3. The van der Waals surface area contributed by atoms with Crippen molar-refractivity contribution in [2.75, 3.05) is 5.32 Å². The van der Waals surface area contributed by atoms with Gasteiger partial charge >= 0.3 is 0 Å². The number of hydrogen-bond acceptors (Lipinski definition) is 4. The normalized spacial score (nSPS) is 10.6. The molecule has 4 N–H and O–H groups in total. The third kappa shape index (κ3) is 3.98. The molecule has 0 spiro atoms. The number of pyridine rings is 1. The largest absolute Gasteiger partial charge is 0.320 e. The van der Waals surface area contributed by atoms with Crippen LogP contribution in [0.2, 0.25) is 15.1 Å². The van der Waals surface area contributed by atoms with Crippen LogP contribution in [0.1, 0.15) is 26.4 Å². The number of hydrazine groups is 1. The summed E-state index contributed by atoms with van der Waals surface area (Å²) in [5.74, 6) is 4.46. The van der Waals surface area contributed by atoms with Gasteiger partial charge in [0.25, 0.3) is 11.8 Å². The topological polar surface area (TPSA) is 102 Å². The van der Waals surface area contributed by atoms with E-state index in [1.165, 1.54) is 22.9 Å². The minimum atomic E-state index is -0.595. The Morgan fingerprint density at radius 3 is 2.54 bits per heavy atom. The Morgan fingerprint density at radius 2 is 1.86 bits per heavy atom. The summed E-state index contributed by atoms with van der Waals surface area (Å²) >= 11 is 18.3. The van der Waals surface area contributed by atoms with Crippen molar-refractivity contribution in [2.45, 2.75) is 6.92 Å². The number of anilines is 1. The summed E-state index contributed by atoms with van der Waals surface area (Å²) in [6.45, 7) is 1.70. The summed E-state index contributed by atoms with van der Waals surface area (Å²) in [6.07, 6.45) is 3.07. The molecule has 0 unspecified atom stereocenters. The lowest BCUT2D eigenvalue weighted by Gasteiger charge is -2.15. The highest BCUT2D eigenvalue weighted by molar-refractivity contribution is 6.33. The molecule has 144 valence electrons. The Hall–Kier alpha value is -2.58. The van der Waals surface area contributed by atoms with Crippen LogP contribution in [0.15, 0.2) is 42.7 Å². The number of nitrogen functional groups attached to an aromatic ring is 1. The highest BCUT2D eigenvalue weighted by atomic mass is 35.5. The average Bonchev–Trinajstić information content (AvgIpc) is 3.05. The van der Waals surface area contributed by atoms with Crippen LogP contribution >= 0.6 is 34.8 Å². The van der Waals surface area contributed by atoms with Gasteiger partial charge in [-0.25, -0.2) is 10.8 Å². The first-order valence-electron chi connectivity index (χ1n) is 7.93. The van der Waals surface area contributed by atoms with Crippen LogP contribution in [-0.4, -0.2) is 21.4 Å². The van der Waals surface area contributed by atoms with Crippen LogP contribution in [0, 0.1) is 6.92 Å². The van der Waals surface area contributed by atoms with Crippen LogP contribution in [0.5, 0.6) is 0 Å². The molecule has 0 fully saturated rings. The molecule has 10 heteroatoms. The standard InChI is InChI=1S/C18H14Cl3N5O2/c1-9-5-10(19)6-12(17(27)25-22)15(9)24-18(28)14-7-11(20)8-26(14)16-13(21)3-2-4-23-16/h2-8H,22H2,1H3,(H,24,28)(H,25,27). The van der Waals surface area contributed by atoms with E-state index in [0.717, 1.165) is 0 Å². The third-order valence-corrected chi connectivity index (χ3v) is 4.62. The minimum Gasteiger partial charge on any atom is -0.320 e. The van der Waals surface area contributed by atoms with Gasteiger partial charge in [0, 0.05) is 17.4 Å². The van der Waals surface area contributed by atoms with Gasteiger partial charge in [0.05, 0.1) is 21.3 Å². The molecular weight excluding hydrogens is 425 g/mol. The molecule has 2 amide bonds. The first-order chi connectivity index (χ1) is 13.3. The van der Waals surface area contributed by atoms with Crippen molar-refractivity contribution in [1.29, 1.82) is 0 Å². The fraction of sp³-hybridized carbons (Fsp3) is 0.0556. The number of aromatic nitrogens is 2. The predicted octanol–water partition coefficient (Wildman–Crippen LogP) is 4.00. The van der Waals surface area contributed by atoms with Gasteiger partial charge in [-0.05, 0) is 42.8 Å². The van der Waals surface area contributed by atoms with E-state index in [2.05, 4.69) is 10.3 Å². The Bertz CT molecular complexity index is 1080. The van der Waals surface area contributed by atoms with E-state index >= 15 is 0 Å². The van der Waals surface area contributed by atoms with Crippen molar-refractivity contribution < 1.29 is 9.59 Å². The van der Waals surface area contributed by atoms with Crippen LogP contribution in [0.4, 0.5) is 5.69 Å². The molecule has 0 saturated carbocycles. The zero-order valence-corrected chi connectivity index (χ0v) is 16.7. The predicted molar refractivity (Wildman–Crippen MR) is 109 cm³/mol. The maximum absolute atomic E-state index is 13.0. The second-order valence-electron chi connectivity index (χ2n) is 5.80. The van der Waals surface area contributed by atoms with Crippen molar-refractivity contribution in [3.8, 4) is 5.82 Å². The summed E-state index contributed by atoms with van der Waals surface area (Å²) in [4.78, 5) is 29.3. The summed E-state index contributed by atoms with van der Waals surface area (Å²) in [5, 5.41) is 3.71. The van der Waals surface area contributed by atoms with Gasteiger partial charge in [-0.15, -0.1) is 0 Å². The number of nitrogens with one attached hydrogen (secondary N) is 2. The van der Waals surface area contributed by atoms with Gasteiger partial charge in [-0.2, -0.15) is 0 Å². The van der Waals surface area contributed by atoms with E-state index in [4.69, 9.17) is 40.6 Å². The van der Waals surface area contributed by atoms with Crippen LogP contribution in [-0.2, 0) is 0 Å². The summed E-state index contributed by atoms with van der Waals surface area (Å²) in [5.41, 5.74) is 3.20. The monoisotopic (exact) mass is 437 g/mol. The van der Waals surface area contributed by atoms with E-state index in [9.17, 15) is 9.59 Å². The molecule has 3 rings (SSSR count). The number of hydrogen-bond donors (Lipinski definition) is 3. The number of carbonyl (C=O) groups is 2. The quantitative estimate of drug-likeness (QED) is 0.325. The number of aryl methyl sites for hydroxylation is 1. The second kappa shape index (κ2) is 8.20. The number of nitrogens with zero attached hydrogens (tertiary/aromatic N) is 2. The van der Waals surface area contributed by atoms with E-state index in [-0.39, 0.29) is 16.9 Å². The van der Waals surface area contributed by atoms with Crippen LogP contribution in [0.3, 0.4) is 0 Å². The molecule has 0 aliphatic rings. The third-order valence-electron chi connectivity index (χ3n) is 3.90. The summed E-state index contributed by atoms with van der Waals surface area (Å²) < 4.78 is 1.47. The molecular formula is C18H14Cl3N5O2. The summed E-state index contributed by atoms with van der Waals surface area (Å²) in [7, 11) is 0. The number of rotatable bonds is 4. The highest BCUT2D eigenvalue weighted by Gasteiger charge is 2.21.